The molecule has 3 aliphatic heterocycles. The van der Waals surface area contributed by atoms with E-state index in [4.69, 9.17) is 4.74 Å². The molecule has 3 aliphatic rings. The summed E-state index contributed by atoms with van der Waals surface area (Å²) in [4.78, 5) is 4.32. The molecular weight excluding hydrogens is 534 g/mol. The summed E-state index contributed by atoms with van der Waals surface area (Å²) in [5, 5.41) is 1.89. The SMILES string of the molecule is O=S(=O)(CCCC1CCCN1S(=O)(=O)c1ccc2ccccc2c1)N1[C@@H]2CC[C@H]1CC(Oc1ccncc1)C2. The first-order valence-corrected chi connectivity index (χ1v) is 16.9. The van der Waals surface area contributed by atoms with Crippen molar-refractivity contribution in [3.05, 3.63) is 67.0 Å². The van der Waals surface area contributed by atoms with Crippen LogP contribution in [0, 0.1) is 0 Å². The van der Waals surface area contributed by atoms with Gasteiger partial charge >= 0.3 is 0 Å². The quantitative estimate of drug-likeness (QED) is 0.375. The normalized spacial score (nSPS) is 26.3. The fraction of sp³-hybridized carbons (Fsp3) is 0.483. The lowest BCUT2D eigenvalue weighted by Gasteiger charge is -2.38. The molecule has 2 unspecified atom stereocenters. The van der Waals surface area contributed by atoms with E-state index < -0.39 is 20.0 Å². The molecule has 2 bridgehead atoms. The molecule has 2 aromatic carbocycles. The maximum Gasteiger partial charge on any atom is 0.243 e. The van der Waals surface area contributed by atoms with E-state index in [1.54, 1.807) is 33.1 Å². The average Bonchev–Trinajstić information content (AvgIpc) is 3.52. The molecule has 3 fully saturated rings. The van der Waals surface area contributed by atoms with Gasteiger partial charge in [-0.25, -0.2) is 16.8 Å². The summed E-state index contributed by atoms with van der Waals surface area (Å²) < 4.78 is 63.4. The number of nitrogens with zero attached hydrogens (tertiary/aromatic N) is 3. The van der Waals surface area contributed by atoms with Gasteiger partial charge in [0.1, 0.15) is 11.9 Å². The van der Waals surface area contributed by atoms with Gasteiger partial charge in [-0.05, 0) is 73.6 Å². The number of pyridine rings is 1. The lowest BCUT2D eigenvalue weighted by Crippen LogP contribution is -2.50. The number of hydrogen-bond donors (Lipinski definition) is 0. The molecular formula is C29H35N3O5S2. The Kier molecular flexibility index (Phi) is 7.39. The van der Waals surface area contributed by atoms with Crippen LogP contribution < -0.4 is 4.74 Å². The lowest BCUT2D eigenvalue weighted by atomic mass is 10.0. The number of ether oxygens (including phenoxy) is 1. The molecule has 4 atom stereocenters. The zero-order valence-electron chi connectivity index (χ0n) is 21.9. The van der Waals surface area contributed by atoms with Gasteiger partial charge in [0.25, 0.3) is 0 Å². The van der Waals surface area contributed by atoms with Crippen molar-refractivity contribution in [3.8, 4) is 5.75 Å². The van der Waals surface area contributed by atoms with Crippen LogP contribution in [0.2, 0.25) is 0 Å². The molecule has 208 valence electrons. The van der Waals surface area contributed by atoms with Crippen LogP contribution in [0.3, 0.4) is 0 Å². The molecule has 0 radical (unpaired) electrons. The molecule has 0 spiro atoms. The summed E-state index contributed by atoms with van der Waals surface area (Å²) in [6.45, 7) is 0.474. The minimum Gasteiger partial charge on any atom is -0.490 e. The number of sulfonamides is 2. The summed E-state index contributed by atoms with van der Waals surface area (Å²) in [7, 11) is -7.09. The monoisotopic (exact) mass is 569 g/mol. The number of fused-ring (bicyclic) bond motifs is 3. The third-order valence-electron chi connectivity index (χ3n) is 8.49. The van der Waals surface area contributed by atoms with Crippen LogP contribution in [-0.4, -0.2) is 67.0 Å². The number of benzene rings is 2. The zero-order chi connectivity index (χ0) is 27.0. The Morgan fingerprint density at radius 3 is 2.33 bits per heavy atom. The van der Waals surface area contributed by atoms with Crippen LogP contribution >= 0.6 is 0 Å². The van der Waals surface area contributed by atoms with Gasteiger partial charge in [0.2, 0.25) is 20.0 Å². The van der Waals surface area contributed by atoms with Crippen molar-refractivity contribution in [1.82, 2.24) is 13.6 Å². The van der Waals surface area contributed by atoms with Gasteiger partial charge < -0.3 is 4.74 Å². The standard InChI is InChI=1S/C29H35N3O5S2/c33-38(34,32-25-10-11-26(32)21-28(20-25)37-27-13-15-30-16-14-27)18-4-8-24-7-3-17-31(24)39(35,36)29-12-9-22-5-1-2-6-23(22)19-29/h1-2,5-6,9,12-16,19,24-26,28H,3-4,7-8,10-11,17-18,20-21H2/t24?,25-,26+,28?. The number of rotatable bonds is 9. The molecule has 6 rings (SSSR count). The molecule has 0 amide bonds. The highest BCUT2D eigenvalue weighted by atomic mass is 32.2. The van der Waals surface area contributed by atoms with E-state index in [9.17, 15) is 16.8 Å². The molecule has 3 saturated heterocycles. The second-order valence-electron chi connectivity index (χ2n) is 11.0. The van der Waals surface area contributed by atoms with Crippen LogP contribution in [0.15, 0.2) is 71.9 Å². The summed E-state index contributed by atoms with van der Waals surface area (Å²) in [5.74, 6) is 0.821. The molecule has 3 aromatic rings. The average molecular weight is 570 g/mol. The highest BCUT2D eigenvalue weighted by Gasteiger charge is 2.47. The van der Waals surface area contributed by atoms with E-state index >= 15 is 0 Å². The van der Waals surface area contributed by atoms with Gasteiger partial charge in [-0.3, -0.25) is 4.98 Å². The lowest BCUT2D eigenvalue weighted by molar-refractivity contribution is 0.0956. The number of hydrogen-bond acceptors (Lipinski definition) is 6. The van der Waals surface area contributed by atoms with Crippen molar-refractivity contribution in [2.24, 2.45) is 0 Å². The summed E-state index contributed by atoms with van der Waals surface area (Å²) in [5.41, 5.74) is 0. The predicted octanol–water partition coefficient (Wildman–Crippen LogP) is 4.57. The Bertz CT molecular complexity index is 1520. The first-order valence-electron chi connectivity index (χ1n) is 13.9. The Hall–Kier alpha value is -2.53. The molecule has 0 aliphatic carbocycles. The van der Waals surface area contributed by atoms with Crippen LogP contribution in [0.25, 0.3) is 10.8 Å². The zero-order valence-corrected chi connectivity index (χ0v) is 23.6. The van der Waals surface area contributed by atoms with Gasteiger partial charge in [-0.15, -0.1) is 0 Å². The molecule has 0 saturated carbocycles. The van der Waals surface area contributed by atoms with Crippen molar-refractivity contribution < 1.29 is 21.6 Å². The van der Waals surface area contributed by atoms with Crippen LogP contribution in [-0.2, 0) is 20.0 Å². The molecule has 1 aromatic heterocycles. The second-order valence-corrected chi connectivity index (χ2v) is 14.9. The largest absolute Gasteiger partial charge is 0.490 e. The van der Waals surface area contributed by atoms with Crippen molar-refractivity contribution in [2.75, 3.05) is 12.3 Å². The van der Waals surface area contributed by atoms with E-state index in [0.717, 1.165) is 42.2 Å². The summed E-state index contributed by atoms with van der Waals surface area (Å²) in [6.07, 6.45) is 9.05. The summed E-state index contributed by atoms with van der Waals surface area (Å²) >= 11 is 0. The van der Waals surface area contributed by atoms with Crippen molar-refractivity contribution in [1.29, 1.82) is 0 Å². The Morgan fingerprint density at radius 2 is 1.59 bits per heavy atom. The highest BCUT2D eigenvalue weighted by molar-refractivity contribution is 7.89. The number of aromatic nitrogens is 1. The van der Waals surface area contributed by atoms with Crippen LogP contribution in [0.4, 0.5) is 0 Å². The van der Waals surface area contributed by atoms with Gasteiger partial charge in [-0.1, -0.05) is 30.3 Å². The van der Waals surface area contributed by atoms with E-state index in [-0.39, 0.29) is 30.0 Å². The summed E-state index contributed by atoms with van der Waals surface area (Å²) in [6, 6.07) is 16.4. The fourth-order valence-electron chi connectivity index (χ4n) is 6.73. The third kappa shape index (κ3) is 5.44. The minimum atomic E-state index is -3.65. The minimum absolute atomic E-state index is 0.00344. The first kappa shape index (κ1) is 26.7. The maximum absolute atomic E-state index is 13.5. The molecule has 4 heterocycles. The Labute approximate surface area is 231 Å². The number of piperidine rings is 1. The van der Waals surface area contributed by atoms with Crippen LogP contribution in [0.1, 0.15) is 51.4 Å². The van der Waals surface area contributed by atoms with Gasteiger partial charge in [0.15, 0.2) is 0 Å². The third-order valence-corrected chi connectivity index (χ3v) is 12.5. The van der Waals surface area contributed by atoms with Gasteiger partial charge in [0.05, 0.1) is 10.6 Å². The second kappa shape index (κ2) is 10.8. The topological polar surface area (TPSA) is 96.9 Å². The predicted molar refractivity (Wildman–Crippen MR) is 150 cm³/mol. The van der Waals surface area contributed by atoms with Gasteiger partial charge in [0, 0.05) is 49.9 Å². The van der Waals surface area contributed by atoms with Crippen molar-refractivity contribution in [2.45, 2.75) is 80.5 Å². The van der Waals surface area contributed by atoms with Gasteiger partial charge in [-0.2, -0.15) is 8.61 Å². The van der Waals surface area contributed by atoms with Crippen molar-refractivity contribution in [3.63, 3.8) is 0 Å². The highest BCUT2D eigenvalue weighted by Crippen LogP contribution is 2.40. The molecule has 10 heteroatoms. The van der Waals surface area contributed by atoms with Crippen LogP contribution in [0.5, 0.6) is 5.75 Å². The van der Waals surface area contributed by atoms with E-state index in [2.05, 4.69) is 4.98 Å². The van der Waals surface area contributed by atoms with E-state index in [0.29, 0.717) is 37.1 Å². The Balaban J connectivity index is 1.07. The molecule has 8 nitrogen and oxygen atoms in total. The van der Waals surface area contributed by atoms with E-state index in [1.165, 1.54) is 0 Å². The van der Waals surface area contributed by atoms with E-state index in [1.807, 2.05) is 42.5 Å². The smallest absolute Gasteiger partial charge is 0.243 e. The molecule has 0 N–H and O–H groups in total. The van der Waals surface area contributed by atoms with Crippen molar-refractivity contribution >= 4 is 30.8 Å². The first-order chi connectivity index (χ1) is 18.8. The molecule has 39 heavy (non-hydrogen) atoms. The maximum atomic E-state index is 13.5. The fourth-order valence-corrected chi connectivity index (χ4v) is 10.5. The Morgan fingerprint density at radius 1 is 0.872 bits per heavy atom.